The molecule has 0 atom stereocenters. The van der Waals surface area contributed by atoms with Gasteiger partial charge in [-0.2, -0.15) is 0 Å². The number of carboxylic acid groups (broad SMARTS) is 4. The summed E-state index contributed by atoms with van der Waals surface area (Å²) in [5, 5.41) is 37.6. The first-order valence-corrected chi connectivity index (χ1v) is 13.5. The van der Waals surface area contributed by atoms with Crippen molar-refractivity contribution in [2.45, 2.75) is 9.79 Å². The van der Waals surface area contributed by atoms with Gasteiger partial charge in [0.2, 0.25) is 9.84 Å². The van der Waals surface area contributed by atoms with Gasteiger partial charge in [0.25, 0.3) is 0 Å². The van der Waals surface area contributed by atoms with Gasteiger partial charge in [-0.25, -0.2) is 27.6 Å². The van der Waals surface area contributed by atoms with E-state index >= 15 is 0 Å². The summed E-state index contributed by atoms with van der Waals surface area (Å²) in [5.74, 6) is -8.04. The summed E-state index contributed by atoms with van der Waals surface area (Å²) in [6.45, 7) is 0. The van der Waals surface area contributed by atoms with Crippen LogP contribution in [0.3, 0.4) is 0 Å². The first-order valence-electron chi connectivity index (χ1n) is 12.0. The summed E-state index contributed by atoms with van der Waals surface area (Å²) in [7, 11) is -4.20. The molecule has 0 saturated heterocycles. The van der Waals surface area contributed by atoms with E-state index in [0.717, 1.165) is 72.8 Å². The van der Waals surface area contributed by atoms with E-state index in [1.54, 1.807) is 0 Å². The van der Waals surface area contributed by atoms with Crippen molar-refractivity contribution >= 4 is 45.3 Å². The average molecular weight is 603 g/mol. The van der Waals surface area contributed by atoms with Crippen LogP contribution in [0.2, 0.25) is 0 Å². The monoisotopic (exact) mass is 602 g/mol. The van der Waals surface area contributed by atoms with Crippen molar-refractivity contribution in [3.63, 3.8) is 0 Å². The van der Waals surface area contributed by atoms with Crippen molar-refractivity contribution in [1.82, 2.24) is 0 Å². The van der Waals surface area contributed by atoms with Crippen molar-refractivity contribution in [2.75, 3.05) is 0 Å². The predicted molar refractivity (Wildman–Crippen MR) is 146 cm³/mol. The average Bonchev–Trinajstić information content (AvgIpc) is 2.99. The summed E-state index contributed by atoms with van der Waals surface area (Å²) < 4.78 is 26.4. The first-order chi connectivity index (χ1) is 20.2. The lowest BCUT2D eigenvalue weighted by Gasteiger charge is -2.10. The Morgan fingerprint density at radius 3 is 1.00 bits per heavy atom. The number of rotatable bonds is 10. The Balaban J connectivity index is 1.64. The van der Waals surface area contributed by atoms with Crippen LogP contribution in [0, 0.1) is 0 Å². The third-order valence-electron chi connectivity index (χ3n) is 6.36. The molecule has 0 aliphatic carbocycles. The van der Waals surface area contributed by atoms with Gasteiger partial charge in [0, 0.05) is 22.3 Å². The van der Waals surface area contributed by atoms with E-state index in [9.17, 15) is 57.6 Å². The normalized spacial score (nSPS) is 11.0. The zero-order valence-electron chi connectivity index (χ0n) is 21.5. The molecule has 0 spiro atoms. The summed E-state index contributed by atoms with van der Waals surface area (Å²) in [6, 6.07) is 15.7. The molecule has 12 nitrogen and oxygen atoms in total. The lowest BCUT2D eigenvalue weighted by Crippen LogP contribution is -2.15. The fraction of sp³-hybridized carbons (Fsp3) is 0. The second-order valence-corrected chi connectivity index (χ2v) is 10.8. The summed E-state index contributed by atoms with van der Waals surface area (Å²) in [4.78, 5) is 71.8. The first kappa shape index (κ1) is 30.0. The van der Waals surface area contributed by atoms with Crippen molar-refractivity contribution in [3.8, 4) is 0 Å². The number of ketones is 2. The number of carboxylic acids is 4. The van der Waals surface area contributed by atoms with Gasteiger partial charge in [0.15, 0.2) is 11.6 Å². The predicted octanol–water partition coefficient (Wildman–Crippen LogP) is 3.77. The molecule has 0 radical (unpaired) electrons. The summed E-state index contributed by atoms with van der Waals surface area (Å²) in [6.07, 6.45) is 0. The molecule has 0 saturated carbocycles. The molecular formula is C30H18O12S. The molecule has 0 amide bonds. The van der Waals surface area contributed by atoms with Crippen molar-refractivity contribution in [1.29, 1.82) is 0 Å². The lowest BCUT2D eigenvalue weighted by atomic mass is 9.94. The second kappa shape index (κ2) is 11.5. The van der Waals surface area contributed by atoms with Crippen LogP contribution < -0.4 is 0 Å². The molecule has 0 aromatic heterocycles. The van der Waals surface area contributed by atoms with Gasteiger partial charge in [-0.1, -0.05) is 24.3 Å². The molecule has 4 aromatic carbocycles. The Bertz CT molecular complexity index is 1820. The summed E-state index contributed by atoms with van der Waals surface area (Å²) in [5.41, 5.74) is -3.62. The minimum absolute atomic E-state index is 0.109. The molecule has 0 aliphatic rings. The minimum atomic E-state index is -4.20. The molecule has 0 bridgehead atoms. The second-order valence-electron chi connectivity index (χ2n) is 8.89. The highest BCUT2D eigenvalue weighted by atomic mass is 32.2. The van der Waals surface area contributed by atoms with Gasteiger partial charge >= 0.3 is 23.9 Å². The number of carbonyl (C=O) groups is 6. The van der Waals surface area contributed by atoms with Crippen LogP contribution in [-0.4, -0.2) is 64.3 Å². The largest absolute Gasteiger partial charge is 0.478 e. The summed E-state index contributed by atoms with van der Waals surface area (Å²) >= 11 is 0. The number of hydrogen-bond acceptors (Lipinski definition) is 8. The molecule has 13 heteroatoms. The van der Waals surface area contributed by atoms with Crippen molar-refractivity contribution in [2.24, 2.45) is 0 Å². The minimum Gasteiger partial charge on any atom is -0.478 e. The van der Waals surface area contributed by atoms with E-state index in [1.165, 1.54) is 12.1 Å². The van der Waals surface area contributed by atoms with E-state index in [0.29, 0.717) is 0 Å². The Labute approximate surface area is 242 Å². The maximum Gasteiger partial charge on any atom is 0.337 e. The van der Waals surface area contributed by atoms with E-state index in [4.69, 9.17) is 0 Å². The molecular weight excluding hydrogens is 584 g/mol. The van der Waals surface area contributed by atoms with Crippen LogP contribution >= 0.6 is 0 Å². The quantitative estimate of drug-likeness (QED) is 0.191. The standard InChI is InChI=1S/C30H18O12S/c31-25(19-3-1-5-21(27(33)34)23(19)29(37)38)15-7-11-17(12-8-15)43(41,42)18-13-9-16(10-14-18)26(32)20-4-2-6-22(28(35)36)24(20)30(39)40/h1-14H,(H,33,34)(H,35,36)(H,37,38)(H,39,40). The highest BCUT2D eigenvalue weighted by molar-refractivity contribution is 7.91. The Kier molecular flexibility index (Phi) is 8.03. The van der Waals surface area contributed by atoms with E-state index in [1.807, 2.05) is 0 Å². The molecule has 0 fully saturated rings. The maximum atomic E-state index is 13.2. The third-order valence-corrected chi connectivity index (χ3v) is 8.15. The zero-order chi connectivity index (χ0) is 31.6. The van der Waals surface area contributed by atoms with Crippen LogP contribution in [0.5, 0.6) is 0 Å². The maximum absolute atomic E-state index is 13.2. The molecule has 4 aromatic rings. The highest BCUT2D eigenvalue weighted by Crippen LogP contribution is 2.26. The topological polar surface area (TPSA) is 217 Å². The number of aromatic carboxylic acids is 4. The van der Waals surface area contributed by atoms with E-state index < -0.39 is 78.7 Å². The smallest absolute Gasteiger partial charge is 0.337 e. The van der Waals surface area contributed by atoms with Crippen LogP contribution in [-0.2, 0) is 9.84 Å². The molecule has 216 valence electrons. The van der Waals surface area contributed by atoms with Gasteiger partial charge in [-0.05, 0) is 60.7 Å². The highest BCUT2D eigenvalue weighted by Gasteiger charge is 2.27. The molecule has 0 aliphatic heterocycles. The van der Waals surface area contributed by atoms with Gasteiger partial charge in [-0.15, -0.1) is 0 Å². The number of hydrogen-bond donors (Lipinski definition) is 4. The van der Waals surface area contributed by atoms with E-state index in [-0.39, 0.29) is 20.9 Å². The van der Waals surface area contributed by atoms with Gasteiger partial charge in [0.1, 0.15) is 0 Å². The lowest BCUT2D eigenvalue weighted by molar-refractivity contribution is 0.0649. The Morgan fingerprint density at radius 2 is 0.721 bits per heavy atom. The van der Waals surface area contributed by atoms with Gasteiger partial charge in [0.05, 0.1) is 32.0 Å². The van der Waals surface area contributed by atoms with Crippen molar-refractivity contribution in [3.05, 3.63) is 129 Å². The Morgan fingerprint density at radius 1 is 0.419 bits per heavy atom. The molecule has 0 heterocycles. The fourth-order valence-electron chi connectivity index (χ4n) is 4.32. The van der Waals surface area contributed by atoms with Crippen molar-refractivity contribution < 1.29 is 57.6 Å². The molecule has 0 unspecified atom stereocenters. The molecule has 43 heavy (non-hydrogen) atoms. The SMILES string of the molecule is O=C(O)c1cccc(C(=O)c2ccc(S(=O)(=O)c3ccc(C(=O)c4cccc(C(=O)O)c4C(=O)O)cc3)cc2)c1C(=O)O. The number of benzene rings is 4. The third kappa shape index (κ3) is 5.64. The molecule has 4 rings (SSSR count). The molecule has 4 N–H and O–H groups in total. The van der Waals surface area contributed by atoms with Crippen LogP contribution in [0.4, 0.5) is 0 Å². The van der Waals surface area contributed by atoms with Gasteiger partial charge in [-0.3, -0.25) is 9.59 Å². The zero-order valence-corrected chi connectivity index (χ0v) is 22.4. The number of carbonyl (C=O) groups excluding carboxylic acids is 2. The van der Waals surface area contributed by atoms with Crippen LogP contribution in [0.1, 0.15) is 73.3 Å². The fourth-order valence-corrected chi connectivity index (χ4v) is 5.58. The number of sulfone groups is 1. The van der Waals surface area contributed by atoms with Crippen LogP contribution in [0.25, 0.3) is 0 Å². The van der Waals surface area contributed by atoms with E-state index in [2.05, 4.69) is 0 Å². The van der Waals surface area contributed by atoms with Gasteiger partial charge < -0.3 is 20.4 Å². The Hall–Kier alpha value is -5.95. The van der Waals surface area contributed by atoms with Crippen LogP contribution in [0.15, 0.2) is 94.7 Å².